The van der Waals surface area contributed by atoms with E-state index >= 15 is 0 Å². The zero-order valence-corrected chi connectivity index (χ0v) is 10.5. The molecule has 1 fully saturated rings. The minimum Gasteiger partial charge on any atom is -0.327 e. The quantitative estimate of drug-likeness (QED) is 0.605. The molecule has 1 aliphatic carbocycles. The van der Waals surface area contributed by atoms with Gasteiger partial charge in [0, 0.05) is 6.04 Å². The summed E-state index contributed by atoms with van der Waals surface area (Å²) in [6.07, 6.45) is 12.1. The van der Waals surface area contributed by atoms with Crippen LogP contribution in [0.5, 0.6) is 0 Å². The highest BCUT2D eigenvalue weighted by molar-refractivity contribution is 5.14. The second-order valence-corrected chi connectivity index (χ2v) is 5.06. The molecule has 17 heavy (non-hydrogen) atoms. The van der Waals surface area contributed by atoms with Crippen LogP contribution < -0.4 is 5.73 Å². The number of unbranched alkanes of at least 4 members (excludes halogenated alkanes) is 1. The zero-order valence-electron chi connectivity index (χ0n) is 10.5. The Bertz CT molecular complexity index is 342. The predicted octanol–water partition coefficient (Wildman–Crippen LogP) is 3.69. The summed E-state index contributed by atoms with van der Waals surface area (Å²) >= 11 is 0. The fourth-order valence-electron chi connectivity index (χ4n) is 2.60. The smallest absolute Gasteiger partial charge is 0.0102 e. The molecule has 1 aromatic rings. The summed E-state index contributed by atoms with van der Waals surface area (Å²) in [5.74, 6) is 0.645. The molecule has 0 amide bonds. The molecule has 2 unspecified atom stereocenters. The van der Waals surface area contributed by atoms with Crippen LogP contribution in [0.15, 0.2) is 42.5 Å². The van der Waals surface area contributed by atoms with Crippen molar-refractivity contribution >= 4 is 0 Å². The Balaban J connectivity index is 1.64. The molecule has 0 aromatic heterocycles. The molecule has 1 aliphatic rings. The molecule has 0 radical (unpaired) electrons. The van der Waals surface area contributed by atoms with Crippen molar-refractivity contribution in [1.29, 1.82) is 0 Å². The summed E-state index contributed by atoms with van der Waals surface area (Å²) in [4.78, 5) is 0. The SMILES string of the molecule is NC1CCCC1/C=C/CCCc1ccccc1. The Labute approximate surface area is 105 Å². The van der Waals surface area contributed by atoms with Gasteiger partial charge in [0.05, 0.1) is 0 Å². The molecule has 0 heterocycles. The lowest BCUT2D eigenvalue weighted by molar-refractivity contribution is 0.580. The molecule has 0 spiro atoms. The van der Waals surface area contributed by atoms with Crippen molar-refractivity contribution in [2.45, 2.75) is 44.6 Å². The van der Waals surface area contributed by atoms with Gasteiger partial charge in [-0.1, -0.05) is 48.9 Å². The van der Waals surface area contributed by atoms with Gasteiger partial charge in [-0.15, -0.1) is 0 Å². The average Bonchev–Trinajstić information content (AvgIpc) is 2.76. The van der Waals surface area contributed by atoms with E-state index in [1.807, 2.05) is 0 Å². The Morgan fingerprint density at radius 1 is 1.18 bits per heavy atom. The standard InChI is InChI=1S/C16H23N/c17-16-13-7-12-15(16)11-6-2-5-10-14-8-3-1-4-9-14/h1,3-4,6,8-9,11,15-16H,2,5,7,10,12-13,17H2/b11-6+. The number of allylic oxidation sites excluding steroid dienone is 1. The molecular formula is C16H23N. The first-order chi connectivity index (χ1) is 8.36. The molecule has 1 nitrogen and oxygen atoms in total. The third kappa shape index (κ3) is 4.01. The highest BCUT2D eigenvalue weighted by Gasteiger charge is 2.20. The van der Waals surface area contributed by atoms with Crippen LogP contribution in [0.4, 0.5) is 0 Å². The van der Waals surface area contributed by atoms with E-state index in [0.717, 1.165) is 0 Å². The van der Waals surface area contributed by atoms with E-state index < -0.39 is 0 Å². The van der Waals surface area contributed by atoms with Gasteiger partial charge in [0.2, 0.25) is 0 Å². The van der Waals surface area contributed by atoms with Crippen molar-refractivity contribution in [1.82, 2.24) is 0 Å². The second-order valence-electron chi connectivity index (χ2n) is 5.06. The maximum Gasteiger partial charge on any atom is 0.0102 e. The lowest BCUT2D eigenvalue weighted by Crippen LogP contribution is -2.22. The summed E-state index contributed by atoms with van der Waals surface area (Å²) in [5.41, 5.74) is 7.48. The van der Waals surface area contributed by atoms with Crippen LogP contribution in [-0.2, 0) is 6.42 Å². The van der Waals surface area contributed by atoms with E-state index in [0.29, 0.717) is 12.0 Å². The van der Waals surface area contributed by atoms with E-state index in [-0.39, 0.29) is 0 Å². The summed E-state index contributed by atoms with van der Waals surface area (Å²) < 4.78 is 0. The summed E-state index contributed by atoms with van der Waals surface area (Å²) in [6.45, 7) is 0. The van der Waals surface area contributed by atoms with Gasteiger partial charge >= 0.3 is 0 Å². The van der Waals surface area contributed by atoms with Gasteiger partial charge in [0.1, 0.15) is 0 Å². The number of benzene rings is 1. The first kappa shape index (κ1) is 12.4. The molecule has 1 aromatic carbocycles. The van der Waals surface area contributed by atoms with Crippen molar-refractivity contribution in [2.75, 3.05) is 0 Å². The fourth-order valence-corrected chi connectivity index (χ4v) is 2.60. The Hall–Kier alpha value is -1.08. The Morgan fingerprint density at radius 2 is 2.00 bits per heavy atom. The van der Waals surface area contributed by atoms with Gasteiger partial charge in [-0.2, -0.15) is 0 Å². The average molecular weight is 229 g/mol. The lowest BCUT2D eigenvalue weighted by atomic mass is 10.0. The summed E-state index contributed by atoms with van der Waals surface area (Å²) in [5, 5.41) is 0. The lowest BCUT2D eigenvalue weighted by Gasteiger charge is -2.09. The third-order valence-electron chi connectivity index (χ3n) is 3.69. The van der Waals surface area contributed by atoms with Gasteiger partial charge < -0.3 is 5.73 Å². The predicted molar refractivity (Wildman–Crippen MR) is 73.8 cm³/mol. The number of nitrogens with two attached hydrogens (primary N) is 1. The van der Waals surface area contributed by atoms with Gasteiger partial charge in [0.25, 0.3) is 0 Å². The molecule has 0 saturated heterocycles. The molecular weight excluding hydrogens is 206 g/mol. The van der Waals surface area contributed by atoms with Gasteiger partial charge in [-0.05, 0) is 43.6 Å². The maximum atomic E-state index is 6.03. The number of rotatable bonds is 5. The topological polar surface area (TPSA) is 26.0 Å². The molecule has 92 valence electrons. The van der Waals surface area contributed by atoms with Crippen molar-refractivity contribution in [3.63, 3.8) is 0 Å². The van der Waals surface area contributed by atoms with Crippen molar-refractivity contribution in [3.05, 3.63) is 48.0 Å². The molecule has 2 atom stereocenters. The van der Waals surface area contributed by atoms with Gasteiger partial charge in [-0.25, -0.2) is 0 Å². The van der Waals surface area contributed by atoms with Crippen molar-refractivity contribution in [3.8, 4) is 0 Å². The zero-order chi connectivity index (χ0) is 11.9. The largest absolute Gasteiger partial charge is 0.327 e. The molecule has 2 rings (SSSR count). The van der Waals surface area contributed by atoms with Gasteiger partial charge in [-0.3, -0.25) is 0 Å². The molecule has 1 saturated carbocycles. The van der Waals surface area contributed by atoms with Crippen molar-refractivity contribution < 1.29 is 0 Å². The minimum absolute atomic E-state index is 0.417. The maximum absolute atomic E-state index is 6.03. The summed E-state index contributed by atoms with van der Waals surface area (Å²) in [7, 11) is 0. The molecule has 2 N–H and O–H groups in total. The fraction of sp³-hybridized carbons (Fsp3) is 0.500. The Morgan fingerprint density at radius 3 is 2.71 bits per heavy atom. The molecule has 0 bridgehead atoms. The van der Waals surface area contributed by atoms with Crippen LogP contribution in [-0.4, -0.2) is 6.04 Å². The number of hydrogen-bond acceptors (Lipinski definition) is 1. The van der Waals surface area contributed by atoms with Crippen LogP contribution in [0.2, 0.25) is 0 Å². The third-order valence-corrected chi connectivity index (χ3v) is 3.69. The minimum atomic E-state index is 0.417. The van der Waals surface area contributed by atoms with E-state index in [1.54, 1.807) is 0 Å². The molecule has 0 aliphatic heterocycles. The first-order valence-corrected chi connectivity index (χ1v) is 6.82. The van der Waals surface area contributed by atoms with Crippen LogP contribution in [0.1, 0.15) is 37.7 Å². The van der Waals surface area contributed by atoms with Crippen LogP contribution >= 0.6 is 0 Å². The van der Waals surface area contributed by atoms with Crippen LogP contribution in [0, 0.1) is 5.92 Å². The number of aryl methyl sites for hydroxylation is 1. The van der Waals surface area contributed by atoms with Crippen molar-refractivity contribution in [2.24, 2.45) is 11.7 Å². The molecule has 1 heteroatoms. The summed E-state index contributed by atoms with van der Waals surface area (Å²) in [6, 6.07) is 11.1. The van der Waals surface area contributed by atoms with Crippen LogP contribution in [0.3, 0.4) is 0 Å². The second kappa shape index (κ2) is 6.61. The highest BCUT2D eigenvalue weighted by Crippen LogP contribution is 2.25. The normalized spacial score (nSPS) is 24.5. The number of hydrogen-bond donors (Lipinski definition) is 1. The van der Waals surface area contributed by atoms with Gasteiger partial charge in [0.15, 0.2) is 0 Å². The van der Waals surface area contributed by atoms with E-state index in [1.165, 1.54) is 44.1 Å². The highest BCUT2D eigenvalue weighted by atomic mass is 14.7. The van der Waals surface area contributed by atoms with E-state index in [2.05, 4.69) is 42.5 Å². The Kier molecular flexibility index (Phi) is 4.81. The van der Waals surface area contributed by atoms with E-state index in [9.17, 15) is 0 Å². The first-order valence-electron chi connectivity index (χ1n) is 6.82. The monoisotopic (exact) mass is 229 g/mol. The van der Waals surface area contributed by atoms with Crippen LogP contribution in [0.25, 0.3) is 0 Å². The van der Waals surface area contributed by atoms with E-state index in [4.69, 9.17) is 5.73 Å².